The van der Waals surface area contributed by atoms with Crippen LogP contribution in [-0.2, 0) is 11.3 Å². The van der Waals surface area contributed by atoms with E-state index < -0.39 is 0 Å². The lowest BCUT2D eigenvalue weighted by atomic mass is 10.1. The number of carbonyl (C=O) groups is 1. The lowest BCUT2D eigenvalue weighted by Gasteiger charge is -2.31. The van der Waals surface area contributed by atoms with E-state index in [-0.39, 0.29) is 24.1 Å². The average Bonchev–Trinajstić information content (AvgIpc) is 2.74. The second kappa shape index (κ2) is 7.95. The van der Waals surface area contributed by atoms with Gasteiger partial charge in [0.1, 0.15) is 13.2 Å². The number of benzene rings is 2. The van der Waals surface area contributed by atoms with Crippen LogP contribution in [0.2, 0.25) is 0 Å². The van der Waals surface area contributed by atoms with E-state index in [0.717, 1.165) is 5.56 Å². The van der Waals surface area contributed by atoms with Gasteiger partial charge < -0.3 is 14.4 Å². The van der Waals surface area contributed by atoms with Gasteiger partial charge in [0.05, 0.1) is 23.8 Å². The molecule has 0 fully saturated rings. The fourth-order valence-corrected chi connectivity index (χ4v) is 3.50. The Balaban J connectivity index is 1.48. The summed E-state index contributed by atoms with van der Waals surface area (Å²) in [5, 5.41) is 0.518. The maximum absolute atomic E-state index is 12.9. The quantitative estimate of drug-likeness (QED) is 0.666. The van der Waals surface area contributed by atoms with Crippen LogP contribution in [0.25, 0.3) is 10.9 Å². The lowest BCUT2D eigenvalue weighted by molar-refractivity contribution is -0.133. The van der Waals surface area contributed by atoms with Crippen molar-refractivity contribution in [3.05, 3.63) is 64.7 Å². The van der Waals surface area contributed by atoms with E-state index in [1.807, 2.05) is 50.2 Å². The minimum Gasteiger partial charge on any atom is -0.486 e. The smallest absolute Gasteiger partial charge is 0.261 e. The molecule has 1 amide bonds. The van der Waals surface area contributed by atoms with Gasteiger partial charge in [-0.25, -0.2) is 4.98 Å². The molecule has 0 spiro atoms. The van der Waals surface area contributed by atoms with Crippen molar-refractivity contribution in [1.29, 1.82) is 0 Å². The van der Waals surface area contributed by atoms with Gasteiger partial charge in [0, 0.05) is 6.54 Å². The van der Waals surface area contributed by atoms with Crippen LogP contribution >= 0.6 is 0 Å². The zero-order chi connectivity index (χ0) is 20.4. The van der Waals surface area contributed by atoms with Crippen molar-refractivity contribution in [2.45, 2.75) is 26.5 Å². The van der Waals surface area contributed by atoms with Gasteiger partial charge in [-0.15, -0.1) is 0 Å². The highest BCUT2D eigenvalue weighted by Crippen LogP contribution is 2.31. The Labute approximate surface area is 168 Å². The molecule has 1 aliphatic heterocycles. The van der Waals surface area contributed by atoms with Crippen LogP contribution in [-0.4, -0.2) is 46.2 Å². The Morgan fingerprint density at radius 3 is 2.79 bits per heavy atom. The third-order valence-electron chi connectivity index (χ3n) is 5.09. The first-order valence-electron chi connectivity index (χ1n) is 9.68. The predicted octanol–water partition coefficient (Wildman–Crippen LogP) is 2.39. The van der Waals surface area contributed by atoms with Gasteiger partial charge in [0.15, 0.2) is 17.6 Å². The molecule has 7 nitrogen and oxygen atoms in total. The summed E-state index contributed by atoms with van der Waals surface area (Å²) in [6.45, 7) is 5.02. The van der Waals surface area contributed by atoms with Crippen LogP contribution in [0.5, 0.6) is 11.5 Å². The van der Waals surface area contributed by atoms with E-state index in [1.165, 1.54) is 10.9 Å². The number of aromatic nitrogens is 2. The van der Waals surface area contributed by atoms with E-state index in [1.54, 1.807) is 11.0 Å². The van der Waals surface area contributed by atoms with E-state index >= 15 is 0 Å². The minimum atomic E-state index is -0.261. The molecule has 3 aromatic rings. The summed E-state index contributed by atoms with van der Waals surface area (Å²) in [7, 11) is 0. The van der Waals surface area contributed by atoms with E-state index in [2.05, 4.69) is 4.98 Å². The summed E-state index contributed by atoms with van der Waals surface area (Å²) in [4.78, 5) is 31.7. The van der Waals surface area contributed by atoms with Gasteiger partial charge in [-0.3, -0.25) is 14.2 Å². The highest BCUT2D eigenvalue weighted by Gasteiger charge is 2.25. The number of para-hydroxylation sites is 3. The van der Waals surface area contributed by atoms with E-state index in [0.29, 0.717) is 42.1 Å². The number of fused-ring (bicyclic) bond motifs is 2. The molecule has 2 aromatic carbocycles. The number of ether oxygens (including phenoxy) is 2. The second-order valence-electron chi connectivity index (χ2n) is 7.08. The molecular weight excluding hydrogens is 370 g/mol. The number of aryl methyl sites for hydroxylation is 1. The van der Waals surface area contributed by atoms with Crippen LogP contribution in [0.3, 0.4) is 0 Å². The predicted molar refractivity (Wildman–Crippen MR) is 109 cm³/mol. The molecule has 0 bridgehead atoms. The van der Waals surface area contributed by atoms with Crippen molar-refractivity contribution in [2.75, 3.05) is 19.7 Å². The SMILES string of the molecule is CCN(CC1COc2ccccc2O1)C(=O)Cn1cnc2c(C)cccc2c1=O. The van der Waals surface area contributed by atoms with Gasteiger partial charge >= 0.3 is 0 Å². The Hall–Kier alpha value is -3.35. The topological polar surface area (TPSA) is 73.7 Å². The van der Waals surface area contributed by atoms with Crippen molar-refractivity contribution in [3.8, 4) is 11.5 Å². The number of amides is 1. The van der Waals surface area contributed by atoms with E-state index in [4.69, 9.17) is 9.47 Å². The summed E-state index contributed by atoms with van der Waals surface area (Å²) >= 11 is 0. The van der Waals surface area contributed by atoms with Crippen molar-refractivity contribution in [1.82, 2.24) is 14.5 Å². The molecular formula is C22H23N3O4. The molecule has 0 saturated heterocycles. The Morgan fingerprint density at radius 1 is 1.21 bits per heavy atom. The highest BCUT2D eigenvalue weighted by atomic mass is 16.6. The molecule has 0 N–H and O–H groups in total. The third-order valence-corrected chi connectivity index (χ3v) is 5.09. The molecule has 1 aromatic heterocycles. The number of hydrogen-bond acceptors (Lipinski definition) is 5. The first kappa shape index (κ1) is 19.0. The van der Waals surface area contributed by atoms with Gasteiger partial charge in [-0.05, 0) is 37.6 Å². The van der Waals surface area contributed by atoms with Crippen molar-refractivity contribution >= 4 is 16.8 Å². The standard InChI is InChI=1S/C22H23N3O4/c1-3-24(11-16-13-28-18-9-4-5-10-19(18)29-16)20(26)12-25-14-23-21-15(2)7-6-8-17(21)22(25)27/h4-10,14,16H,3,11-13H2,1-2H3. The minimum absolute atomic E-state index is 0.0618. The number of likely N-dealkylation sites (N-methyl/N-ethyl adjacent to an activating group) is 1. The largest absolute Gasteiger partial charge is 0.486 e. The summed E-state index contributed by atoms with van der Waals surface area (Å²) in [5.74, 6) is 1.23. The number of carbonyl (C=O) groups excluding carboxylic acids is 1. The van der Waals surface area contributed by atoms with Gasteiger partial charge in [-0.1, -0.05) is 24.3 Å². The van der Waals surface area contributed by atoms with Crippen LogP contribution in [0, 0.1) is 6.92 Å². The Kier molecular flexibility index (Phi) is 5.20. The molecule has 29 heavy (non-hydrogen) atoms. The maximum atomic E-state index is 12.9. The van der Waals surface area contributed by atoms with Crippen LogP contribution in [0.1, 0.15) is 12.5 Å². The number of hydrogen-bond donors (Lipinski definition) is 0. The highest BCUT2D eigenvalue weighted by molar-refractivity contribution is 5.81. The maximum Gasteiger partial charge on any atom is 0.261 e. The summed E-state index contributed by atoms with van der Waals surface area (Å²) in [6.07, 6.45) is 1.18. The monoisotopic (exact) mass is 393 g/mol. The fourth-order valence-electron chi connectivity index (χ4n) is 3.50. The van der Waals surface area contributed by atoms with Crippen molar-refractivity contribution < 1.29 is 14.3 Å². The van der Waals surface area contributed by atoms with Gasteiger partial charge in [0.25, 0.3) is 5.56 Å². The molecule has 2 heterocycles. The lowest BCUT2D eigenvalue weighted by Crippen LogP contribution is -2.45. The number of rotatable bonds is 5. The van der Waals surface area contributed by atoms with Crippen LogP contribution in [0.4, 0.5) is 0 Å². The summed E-state index contributed by atoms with van der Waals surface area (Å²) < 4.78 is 13.1. The van der Waals surface area contributed by atoms with Crippen LogP contribution in [0.15, 0.2) is 53.6 Å². The average molecular weight is 393 g/mol. The molecule has 0 aliphatic carbocycles. The molecule has 0 radical (unpaired) electrons. The molecule has 1 atom stereocenters. The zero-order valence-corrected chi connectivity index (χ0v) is 16.5. The van der Waals surface area contributed by atoms with Gasteiger partial charge in [0.2, 0.25) is 5.91 Å². The Bertz CT molecular complexity index is 1110. The Morgan fingerprint density at radius 2 is 2.00 bits per heavy atom. The molecule has 4 rings (SSSR count). The molecule has 1 aliphatic rings. The van der Waals surface area contributed by atoms with Crippen molar-refractivity contribution in [2.24, 2.45) is 0 Å². The molecule has 7 heteroatoms. The van der Waals surface area contributed by atoms with Crippen LogP contribution < -0.4 is 15.0 Å². The van der Waals surface area contributed by atoms with Crippen molar-refractivity contribution in [3.63, 3.8) is 0 Å². The van der Waals surface area contributed by atoms with Gasteiger partial charge in [-0.2, -0.15) is 0 Å². The number of nitrogens with zero attached hydrogens (tertiary/aromatic N) is 3. The fraction of sp³-hybridized carbons (Fsp3) is 0.318. The third kappa shape index (κ3) is 3.81. The summed E-state index contributed by atoms with van der Waals surface area (Å²) in [6, 6.07) is 12.9. The zero-order valence-electron chi connectivity index (χ0n) is 16.5. The molecule has 0 saturated carbocycles. The molecule has 150 valence electrons. The normalized spacial score (nSPS) is 15.3. The second-order valence-corrected chi connectivity index (χ2v) is 7.08. The summed E-state index contributed by atoms with van der Waals surface area (Å²) in [5.41, 5.74) is 1.39. The first-order valence-corrected chi connectivity index (χ1v) is 9.68. The first-order chi connectivity index (χ1) is 14.1. The van der Waals surface area contributed by atoms with E-state index in [9.17, 15) is 9.59 Å². The molecule has 1 unspecified atom stereocenters.